The second-order valence-corrected chi connectivity index (χ2v) is 5.26. The number of aryl methyl sites for hydroxylation is 1. The van der Waals surface area contributed by atoms with Gasteiger partial charge < -0.3 is 5.32 Å². The largest absolute Gasteiger partial charge is 0.316 e. The number of nitrogens with zero attached hydrogens (tertiary/aromatic N) is 2. The van der Waals surface area contributed by atoms with Gasteiger partial charge in [-0.15, -0.1) is 0 Å². The summed E-state index contributed by atoms with van der Waals surface area (Å²) >= 11 is 0. The molecule has 0 spiro atoms. The normalized spacial score (nSPS) is 18.2. The van der Waals surface area contributed by atoms with Gasteiger partial charge in [-0.3, -0.25) is 4.68 Å². The smallest absolute Gasteiger partial charge is 0.0492 e. The average Bonchev–Trinajstić information content (AvgIpc) is 2.60. The van der Waals surface area contributed by atoms with Crippen LogP contribution < -0.4 is 5.32 Å². The van der Waals surface area contributed by atoms with Crippen LogP contribution in [0.2, 0.25) is 0 Å². The Bertz CT molecular complexity index is 311. The second-order valence-electron chi connectivity index (χ2n) is 5.26. The Labute approximate surface area is 105 Å². The highest BCUT2D eigenvalue weighted by molar-refractivity contribution is 5.00. The van der Waals surface area contributed by atoms with Crippen LogP contribution in [0, 0.1) is 5.92 Å². The SMILES string of the molecule is Cn1nccc1CCNCC1CCCCCC1. The lowest BCUT2D eigenvalue weighted by Gasteiger charge is -2.14. The number of aromatic nitrogens is 2. The Morgan fingerprint density at radius 1 is 1.29 bits per heavy atom. The summed E-state index contributed by atoms with van der Waals surface area (Å²) < 4.78 is 1.97. The molecule has 1 N–H and O–H groups in total. The van der Waals surface area contributed by atoms with Gasteiger partial charge in [-0.1, -0.05) is 25.7 Å². The van der Waals surface area contributed by atoms with Gasteiger partial charge in [0.25, 0.3) is 0 Å². The van der Waals surface area contributed by atoms with E-state index in [0.29, 0.717) is 0 Å². The number of rotatable bonds is 5. The van der Waals surface area contributed by atoms with Crippen molar-refractivity contribution in [3.8, 4) is 0 Å². The van der Waals surface area contributed by atoms with Crippen molar-refractivity contribution in [1.29, 1.82) is 0 Å². The zero-order valence-corrected chi connectivity index (χ0v) is 11.0. The molecule has 96 valence electrons. The van der Waals surface area contributed by atoms with Gasteiger partial charge in [0.05, 0.1) is 0 Å². The van der Waals surface area contributed by atoms with Gasteiger partial charge in [-0.05, 0) is 31.4 Å². The highest BCUT2D eigenvalue weighted by Crippen LogP contribution is 2.21. The Hall–Kier alpha value is -0.830. The van der Waals surface area contributed by atoms with Crippen molar-refractivity contribution in [2.75, 3.05) is 13.1 Å². The highest BCUT2D eigenvalue weighted by atomic mass is 15.3. The first-order valence-electron chi connectivity index (χ1n) is 7.04. The van der Waals surface area contributed by atoms with E-state index in [0.717, 1.165) is 18.9 Å². The first-order chi connectivity index (χ1) is 8.36. The zero-order chi connectivity index (χ0) is 11.9. The Morgan fingerprint density at radius 2 is 2.06 bits per heavy atom. The molecule has 1 fully saturated rings. The van der Waals surface area contributed by atoms with Crippen molar-refractivity contribution in [3.63, 3.8) is 0 Å². The minimum Gasteiger partial charge on any atom is -0.316 e. The predicted octanol–water partition coefficient (Wildman–Crippen LogP) is 2.52. The number of nitrogens with one attached hydrogen (secondary N) is 1. The average molecular weight is 235 g/mol. The van der Waals surface area contributed by atoms with E-state index in [-0.39, 0.29) is 0 Å². The molecule has 0 bridgehead atoms. The van der Waals surface area contributed by atoms with Crippen molar-refractivity contribution >= 4 is 0 Å². The quantitative estimate of drug-likeness (QED) is 0.628. The molecule has 1 heterocycles. The lowest BCUT2D eigenvalue weighted by Crippen LogP contribution is -2.25. The lowest BCUT2D eigenvalue weighted by molar-refractivity contribution is 0.426. The summed E-state index contributed by atoms with van der Waals surface area (Å²) in [6.45, 7) is 2.29. The standard InChI is InChI=1S/C14H25N3/c1-17-14(9-11-16-17)8-10-15-12-13-6-4-2-3-5-7-13/h9,11,13,15H,2-8,10,12H2,1H3. The molecule has 3 heteroatoms. The maximum Gasteiger partial charge on any atom is 0.0492 e. The number of hydrogen-bond donors (Lipinski definition) is 1. The summed E-state index contributed by atoms with van der Waals surface area (Å²) in [6.07, 6.45) is 11.6. The van der Waals surface area contributed by atoms with E-state index in [1.165, 1.54) is 50.8 Å². The van der Waals surface area contributed by atoms with Crippen LogP contribution >= 0.6 is 0 Å². The van der Waals surface area contributed by atoms with Crippen molar-refractivity contribution in [3.05, 3.63) is 18.0 Å². The molecule has 1 aliphatic rings. The molecular weight excluding hydrogens is 210 g/mol. The fourth-order valence-corrected chi connectivity index (χ4v) is 2.74. The summed E-state index contributed by atoms with van der Waals surface area (Å²) in [7, 11) is 2.01. The maximum atomic E-state index is 4.19. The first-order valence-corrected chi connectivity index (χ1v) is 7.04. The van der Waals surface area contributed by atoms with Crippen LogP contribution in [0.15, 0.2) is 12.3 Å². The molecule has 0 saturated heterocycles. The fraction of sp³-hybridized carbons (Fsp3) is 0.786. The monoisotopic (exact) mass is 235 g/mol. The molecule has 0 amide bonds. The van der Waals surface area contributed by atoms with Crippen LogP contribution in [-0.4, -0.2) is 22.9 Å². The van der Waals surface area contributed by atoms with E-state index in [2.05, 4.69) is 16.5 Å². The van der Waals surface area contributed by atoms with Crippen molar-refractivity contribution in [2.45, 2.75) is 44.9 Å². The molecule has 1 aliphatic carbocycles. The fourth-order valence-electron chi connectivity index (χ4n) is 2.74. The Balaban J connectivity index is 1.61. The molecule has 3 nitrogen and oxygen atoms in total. The zero-order valence-electron chi connectivity index (χ0n) is 11.0. The van der Waals surface area contributed by atoms with Gasteiger partial charge >= 0.3 is 0 Å². The predicted molar refractivity (Wildman–Crippen MR) is 71.0 cm³/mol. The molecule has 0 unspecified atom stereocenters. The molecular formula is C14H25N3. The van der Waals surface area contributed by atoms with Gasteiger partial charge in [0.1, 0.15) is 0 Å². The maximum absolute atomic E-state index is 4.19. The third-order valence-corrected chi connectivity index (χ3v) is 3.89. The van der Waals surface area contributed by atoms with Crippen molar-refractivity contribution in [2.24, 2.45) is 13.0 Å². The molecule has 17 heavy (non-hydrogen) atoms. The molecule has 1 saturated carbocycles. The van der Waals surface area contributed by atoms with Gasteiger partial charge in [0.2, 0.25) is 0 Å². The molecule has 0 radical (unpaired) electrons. The number of hydrogen-bond acceptors (Lipinski definition) is 2. The van der Waals surface area contributed by atoms with Crippen LogP contribution in [-0.2, 0) is 13.5 Å². The summed E-state index contributed by atoms with van der Waals surface area (Å²) in [4.78, 5) is 0. The molecule has 0 aliphatic heterocycles. The molecule has 0 aromatic carbocycles. The second kappa shape index (κ2) is 6.80. The lowest BCUT2D eigenvalue weighted by atomic mass is 10.0. The molecule has 0 atom stereocenters. The van der Waals surface area contributed by atoms with E-state index >= 15 is 0 Å². The van der Waals surface area contributed by atoms with Gasteiger partial charge in [0.15, 0.2) is 0 Å². The van der Waals surface area contributed by atoms with Gasteiger partial charge in [0, 0.05) is 31.9 Å². The van der Waals surface area contributed by atoms with E-state index in [4.69, 9.17) is 0 Å². The van der Waals surface area contributed by atoms with E-state index in [1.807, 2.05) is 17.9 Å². The van der Waals surface area contributed by atoms with Crippen LogP contribution in [0.25, 0.3) is 0 Å². The van der Waals surface area contributed by atoms with Gasteiger partial charge in [-0.25, -0.2) is 0 Å². The minimum atomic E-state index is 0.920. The summed E-state index contributed by atoms with van der Waals surface area (Å²) in [5, 5.41) is 7.79. The highest BCUT2D eigenvalue weighted by Gasteiger charge is 2.11. The molecule has 1 aromatic rings. The van der Waals surface area contributed by atoms with Crippen LogP contribution in [0.1, 0.15) is 44.2 Å². The van der Waals surface area contributed by atoms with E-state index < -0.39 is 0 Å². The van der Waals surface area contributed by atoms with Crippen molar-refractivity contribution in [1.82, 2.24) is 15.1 Å². The van der Waals surface area contributed by atoms with Crippen LogP contribution in [0.4, 0.5) is 0 Å². The van der Waals surface area contributed by atoms with Crippen LogP contribution in [0.5, 0.6) is 0 Å². The minimum absolute atomic E-state index is 0.920. The Kier molecular flexibility index (Phi) is 5.05. The first kappa shape index (κ1) is 12.6. The summed E-state index contributed by atoms with van der Waals surface area (Å²) in [5.41, 5.74) is 1.32. The molecule has 2 rings (SSSR count). The summed E-state index contributed by atoms with van der Waals surface area (Å²) in [5.74, 6) is 0.920. The van der Waals surface area contributed by atoms with Crippen molar-refractivity contribution < 1.29 is 0 Å². The topological polar surface area (TPSA) is 29.9 Å². The van der Waals surface area contributed by atoms with Crippen LogP contribution in [0.3, 0.4) is 0 Å². The van der Waals surface area contributed by atoms with Gasteiger partial charge in [-0.2, -0.15) is 5.10 Å². The van der Waals surface area contributed by atoms with E-state index in [9.17, 15) is 0 Å². The third kappa shape index (κ3) is 4.15. The summed E-state index contributed by atoms with van der Waals surface area (Å²) in [6, 6.07) is 2.10. The molecule has 1 aromatic heterocycles. The third-order valence-electron chi connectivity index (χ3n) is 3.89. The Morgan fingerprint density at radius 3 is 2.71 bits per heavy atom. The van der Waals surface area contributed by atoms with E-state index in [1.54, 1.807) is 0 Å².